The van der Waals surface area contributed by atoms with Crippen molar-refractivity contribution in [3.63, 3.8) is 0 Å². The fourth-order valence-electron chi connectivity index (χ4n) is 1.56. The molecular formula is C13H12ClN3O. The molecule has 5 heteroatoms. The van der Waals surface area contributed by atoms with Crippen LogP contribution in [0.1, 0.15) is 10.4 Å². The summed E-state index contributed by atoms with van der Waals surface area (Å²) in [4.78, 5) is 12.1. The Bertz CT molecular complexity index is 572. The zero-order valence-electron chi connectivity index (χ0n) is 9.48. The second kappa shape index (κ2) is 5.53. The molecule has 0 unspecified atom stereocenters. The molecule has 0 saturated carbocycles. The lowest BCUT2D eigenvalue weighted by Gasteiger charge is -2.10. The van der Waals surface area contributed by atoms with Crippen LogP contribution in [-0.4, -0.2) is 5.91 Å². The van der Waals surface area contributed by atoms with Gasteiger partial charge in [-0.3, -0.25) is 10.6 Å². The highest BCUT2D eigenvalue weighted by Crippen LogP contribution is 2.22. The van der Waals surface area contributed by atoms with Crippen LogP contribution >= 0.6 is 11.6 Å². The van der Waals surface area contributed by atoms with E-state index < -0.39 is 0 Å². The number of carbonyl (C=O) groups excluding carboxylic acids is 1. The first-order valence-corrected chi connectivity index (χ1v) is 5.71. The van der Waals surface area contributed by atoms with Gasteiger partial charge in [0.25, 0.3) is 5.91 Å². The lowest BCUT2D eigenvalue weighted by atomic mass is 10.1. The van der Waals surface area contributed by atoms with Gasteiger partial charge in [0.05, 0.1) is 22.0 Å². The molecule has 2 aromatic carbocycles. The van der Waals surface area contributed by atoms with E-state index in [1.165, 1.54) is 0 Å². The molecule has 0 radical (unpaired) electrons. The Hall–Kier alpha value is -2.04. The molecule has 1 amide bonds. The number of anilines is 2. The Labute approximate surface area is 110 Å². The average Bonchev–Trinajstić information content (AvgIpc) is 2.41. The summed E-state index contributed by atoms with van der Waals surface area (Å²) in [7, 11) is 0. The van der Waals surface area contributed by atoms with E-state index in [2.05, 4.69) is 10.7 Å². The molecule has 0 heterocycles. The molecule has 18 heavy (non-hydrogen) atoms. The second-order valence-corrected chi connectivity index (χ2v) is 4.03. The number of nitrogen functional groups attached to an aromatic ring is 1. The third kappa shape index (κ3) is 2.61. The van der Waals surface area contributed by atoms with Crippen molar-refractivity contribution < 1.29 is 4.79 Å². The standard InChI is InChI=1S/C13H12ClN3O/c14-10-6-2-4-8-12(10)16-13(18)9-5-1-3-7-11(9)17-15/h1-8,17H,15H2,(H,16,18). The molecule has 2 aromatic rings. The van der Waals surface area contributed by atoms with E-state index in [0.717, 1.165) is 0 Å². The fraction of sp³-hybridized carbons (Fsp3) is 0. The molecule has 0 bridgehead atoms. The van der Waals surface area contributed by atoms with Crippen molar-refractivity contribution in [1.29, 1.82) is 0 Å². The predicted molar refractivity (Wildman–Crippen MR) is 73.7 cm³/mol. The van der Waals surface area contributed by atoms with Gasteiger partial charge >= 0.3 is 0 Å². The average molecular weight is 262 g/mol. The van der Waals surface area contributed by atoms with E-state index in [-0.39, 0.29) is 5.91 Å². The van der Waals surface area contributed by atoms with Crippen molar-refractivity contribution >= 4 is 28.9 Å². The van der Waals surface area contributed by atoms with Gasteiger partial charge in [-0.05, 0) is 24.3 Å². The van der Waals surface area contributed by atoms with Crippen molar-refractivity contribution in [1.82, 2.24) is 0 Å². The molecular weight excluding hydrogens is 250 g/mol. The van der Waals surface area contributed by atoms with Crippen LogP contribution in [0.2, 0.25) is 5.02 Å². The van der Waals surface area contributed by atoms with E-state index in [1.807, 2.05) is 0 Å². The Balaban J connectivity index is 2.25. The number of nitrogens with two attached hydrogens (primary N) is 1. The third-order valence-electron chi connectivity index (χ3n) is 2.45. The van der Waals surface area contributed by atoms with Crippen molar-refractivity contribution in [2.75, 3.05) is 10.7 Å². The zero-order chi connectivity index (χ0) is 13.0. The summed E-state index contributed by atoms with van der Waals surface area (Å²) in [6.07, 6.45) is 0. The SMILES string of the molecule is NNc1ccccc1C(=O)Nc1ccccc1Cl. The van der Waals surface area contributed by atoms with Crippen LogP contribution in [0, 0.1) is 0 Å². The smallest absolute Gasteiger partial charge is 0.257 e. The molecule has 0 aromatic heterocycles. The number of rotatable bonds is 3. The largest absolute Gasteiger partial charge is 0.323 e. The minimum Gasteiger partial charge on any atom is -0.323 e. The van der Waals surface area contributed by atoms with Gasteiger partial charge in [-0.2, -0.15) is 0 Å². The molecule has 0 fully saturated rings. The number of benzene rings is 2. The van der Waals surface area contributed by atoms with Gasteiger partial charge in [-0.15, -0.1) is 0 Å². The zero-order valence-corrected chi connectivity index (χ0v) is 10.2. The van der Waals surface area contributed by atoms with Crippen LogP contribution in [0.3, 0.4) is 0 Å². The normalized spacial score (nSPS) is 9.89. The van der Waals surface area contributed by atoms with E-state index in [9.17, 15) is 4.79 Å². The third-order valence-corrected chi connectivity index (χ3v) is 2.78. The van der Waals surface area contributed by atoms with Crippen LogP contribution in [0.5, 0.6) is 0 Å². The summed E-state index contributed by atoms with van der Waals surface area (Å²) in [5, 5.41) is 3.22. The molecule has 0 aliphatic carbocycles. The number of hydrogen-bond donors (Lipinski definition) is 3. The quantitative estimate of drug-likeness (QED) is 0.588. The van der Waals surface area contributed by atoms with E-state index in [4.69, 9.17) is 17.4 Å². The summed E-state index contributed by atoms with van der Waals surface area (Å²) in [6.45, 7) is 0. The van der Waals surface area contributed by atoms with E-state index >= 15 is 0 Å². The van der Waals surface area contributed by atoms with Gasteiger partial charge in [-0.25, -0.2) is 0 Å². The summed E-state index contributed by atoms with van der Waals surface area (Å²) in [5.74, 6) is 5.09. The van der Waals surface area contributed by atoms with E-state index in [1.54, 1.807) is 48.5 Å². The van der Waals surface area contributed by atoms with Crippen LogP contribution in [0.4, 0.5) is 11.4 Å². The van der Waals surface area contributed by atoms with E-state index in [0.29, 0.717) is 22.0 Å². The number of para-hydroxylation sites is 2. The molecule has 4 N–H and O–H groups in total. The second-order valence-electron chi connectivity index (χ2n) is 3.62. The van der Waals surface area contributed by atoms with Crippen molar-refractivity contribution in [3.05, 3.63) is 59.1 Å². The molecule has 0 aliphatic rings. The highest BCUT2D eigenvalue weighted by Gasteiger charge is 2.11. The minimum atomic E-state index is -0.267. The Morgan fingerprint density at radius 1 is 1.00 bits per heavy atom. The molecule has 0 atom stereocenters. The first-order valence-electron chi connectivity index (χ1n) is 5.34. The number of amides is 1. The van der Waals surface area contributed by atoms with Gasteiger partial charge < -0.3 is 10.7 Å². The van der Waals surface area contributed by atoms with Gasteiger partial charge in [0.2, 0.25) is 0 Å². The number of hydrogen-bond acceptors (Lipinski definition) is 3. The maximum atomic E-state index is 12.1. The van der Waals surface area contributed by atoms with Crippen molar-refractivity contribution in [2.45, 2.75) is 0 Å². The Kier molecular flexibility index (Phi) is 3.82. The van der Waals surface area contributed by atoms with Gasteiger partial charge in [0.15, 0.2) is 0 Å². The number of hydrazine groups is 1. The summed E-state index contributed by atoms with van der Waals surface area (Å²) >= 11 is 5.97. The van der Waals surface area contributed by atoms with Gasteiger partial charge in [-0.1, -0.05) is 35.9 Å². The molecule has 0 saturated heterocycles. The lowest BCUT2D eigenvalue weighted by Crippen LogP contribution is -2.17. The molecule has 0 aliphatic heterocycles. The van der Waals surface area contributed by atoms with Gasteiger partial charge in [0.1, 0.15) is 0 Å². The van der Waals surface area contributed by atoms with Crippen molar-refractivity contribution in [2.24, 2.45) is 5.84 Å². The van der Waals surface area contributed by atoms with Crippen LogP contribution in [0.15, 0.2) is 48.5 Å². The lowest BCUT2D eigenvalue weighted by molar-refractivity contribution is 0.102. The fourth-order valence-corrected chi connectivity index (χ4v) is 1.74. The molecule has 0 spiro atoms. The molecule has 4 nitrogen and oxygen atoms in total. The van der Waals surface area contributed by atoms with Crippen LogP contribution < -0.4 is 16.6 Å². The maximum Gasteiger partial charge on any atom is 0.257 e. The number of carbonyl (C=O) groups is 1. The van der Waals surface area contributed by atoms with Crippen LogP contribution in [0.25, 0.3) is 0 Å². The molecule has 92 valence electrons. The van der Waals surface area contributed by atoms with Gasteiger partial charge in [0, 0.05) is 0 Å². The highest BCUT2D eigenvalue weighted by atomic mass is 35.5. The Morgan fingerprint density at radius 3 is 2.28 bits per heavy atom. The maximum absolute atomic E-state index is 12.1. The predicted octanol–water partition coefficient (Wildman–Crippen LogP) is 2.88. The highest BCUT2D eigenvalue weighted by molar-refractivity contribution is 6.34. The first-order chi connectivity index (χ1) is 8.72. The Morgan fingerprint density at radius 2 is 1.61 bits per heavy atom. The topological polar surface area (TPSA) is 67.1 Å². The van der Waals surface area contributed by atoms with Crippen LogP contribution in [-0.2, 0) is 0 Å². The monoisotopic (exact) mass is 261 g/mol. The minimum absolute atomic E-state index is 0.267. The summed E-state index contributed by atoms with van der Waals surface area (Å²) in [5.41, 5.74) is 4.06. The van der Waals surface area contributed by atoms with Crippen molar-refractivity contribution in [3.8, 4) is 0 Å². The number of nitrogens with one attached hydrogen (secondary N) is 2. The first kappa shape index (κ1) is 12.4. The number of halogens is 1. The summed E-state index contributed by atoms with van der Waals surface area (Å²) in [6, 6.07) is 14.0. The molecule has 2 rings (SSSR count). The summed E-state index contributed by atoms with van der Waals surface area (Å²) < 4.78 is 0.